The second kappa shape index (κ2) is 8.92. The van der Waals surface area contributed by atoms with Crippen molar-refractivity contribution < 1.29 is 4.79 Å². The highest BCUT2D eigenvalue weighted by molar-refractivity contribution is 9.10. The number of aryl methyl sites for hydroxylation is 1. The van der Waals surface area contributed by atoms with Crippen LogP contribution in [0.15, 0.2) is 56.9 Å². The van der Waals surface area contributed by atoms with Gasteiger partial charge in [-0.25, -0.2) is 4.98 Å². The minimum Gasteiger partial charge on any atom is -0.349 e. The number of halogens is 1. The van der Waals surface area contributed by atoms with E-state index in [9.17, 15) is 9.59 Å². The van der Waals surface area contributed by atoms with Gasteiger partial charge in [0.15, 0.2) is 5.16 Å². The molecule has 3 rings (SSSR count). The van der Waals surface area contributed by atoms with Gasteiger partial charge in [0.1, 0.15) is 0 Å². The molecular weight excluding hydrogens is 438 g/mol. The predicted molar refractivity (Wildman–Crippen MR) is 118 cm³/mol. The van der Waals surface area contributed by atoms with Crippen molar-refractivity contribution in [2.75, 3.05) is 5.75 Å². The van der Waals surface area contributed by atoms with Gasteiger partial charge >= 0.3 is 0 Å². The summed E-state index contributed by atoms with van der Waals surface area (Å²) in [6.45, 7) is 6.40. The second-order valence-electron chi connectivity index (χ2n) is 6.54. The van der Waals surface area contributed by atoms with Crippen LogP contribution in [-0.4, -0.2) is 21.2 Å². The van der Waals surface area contributed by atoms with E-state index in [1.807, 2.05) is 57.2 Å². The van der Waals surface area contributed by atoms with Crippen LogP contribution in [0.5, 0.6) is 0 Å². The summed E-state index contributed by atoms with van der Waals surface area (Å²) in [5.74, 6) is 0.110. The number of rotatable bonds is 6. The first-order valence-electron chi connectivity index (χ1n) is 9.08. The molecule has 0 spiro atoms. The summed E-state index contributed by atoms with van der Waals surface area (Å²) < 4.78 is 2.45. The van der Waals surface area contributed by atoms with Gasteiger partial charge in [-0.15, -0.1) is 0 Å². The van der Waals surface area contributed by atoms with E-state index in [-0.39, 0.29) is 23.3 Å². The highest BCUT2D eigenvalue weighted by Crippen LogP contribution is 2.21. The van der Waals surface area contributed by atoms with Gasteiger partial charge in [-0.05, 0) is 50.1 Å². The third-order valence-corrected chi connectivity index (χ3v) is 6.03. The smallest absolute Gasteiger partial charge is 0.262 e. The maximum Gasteiger partial charge on any atom is 0.262 e. The van der Waals surface area contributed by atoms with E-state index < -0.39 is 0 Å². The standard InChI is InChI=1S/C21H22BrN3O2S/c1-4-25-20(27)17-11-15(22)9-10-18(17)24-21(25)28-12-19(26)23-14(3)16-8-6-5-7-13(16)2/h5-11,14H,4,12H2,1-3H3,(H,23,26). The molecule has 1 amide bonds. The average molecular weight is 460 g/mol. The number of carbonyl (C=O) groups is 1. The van der Waals surface area contributed by atoms with E-state index in [4.69, 9.17) is 0 Å². The molecule has 2 aromatic carbocycles. The van der Waals surface area contributed by atoms with Gasteiger partial charge < -0.3 is 5.32 Å². The van der Waals surface area contributed by atoms with E-state index >= 15 is 0 Å². The lowest BCUT2D eigenvalue weighted by Gasteiger charge is -2.17. The molecule has 0 fully saturated rings. The average Bonchev–Trinajstić information content (AvgIpc) is 2.67. The van der Waals surface area contributed by atoms with Gasteiger partial charge in [-0.2, -0.15) is 0 Å². The predicted octanol–water partition coefficient (Wildman–Crippen LogP) is 4.46. The van der Waals surface area contributed by atoms with Crippen molar-refractivity contribution in [3.05, 3.63) is 68.4 Å². The topological polar surface area (TPSA) is 64.0 Å². The van der Waals surface area contributed by atoms with Gasteiger partial charge in [-0.1, -0.05) is 52.0 Å². The lowest BCUT2D eigenvalue weighted by molar-refractivity contribution is -0.119. The molecule has 7 heteroatoms. The number of carbonyl (C=O) groups excluding carboxylic acids is 1. The van der Waals surface area contributed by atoms with E-state index in [0.717, 1.165) is 15.6 Å². The van der Waals surface area contributed by atoms with Crippen molar-refractivity contribution in [3.63, 3.8) is 0 Å². The van der Waals surface area contributed by atoms with Crippen LogP contribution in [0.4, 0.5) is 0 Å². The largest absolute Gasteiger partial charge is 0.349 e. The molecule has 3 aromatic rings. The number of nitrogens with one attached hydrogen (secondary N) is 1. The molecule has 1 N–H and O–H groups in total. The van der Waals surface area contributed by atoms with Crippen LogP contribution < -0.4 is 10.9 Å². The number of hydrogen-bond acceptors (Lipinski definition) is 4. The quantitative estimate of drug-likeness (QED) is 0.436. The van der Waals surface area contributed by atoms with Crippen LogP contribution in [0, 0.1) is 6.92 Å². The molecule has 0 bridgehead atoms. The second-order valence-corrected chi connectivity index (χ2v) is 8.40. The number of benzene rings is 2. The van der Waals surface area contributed by atoms with E-state index in [0.29, 0.717) is 22.6 Å². The fraction of sp³-hybridized carbons (Fsp3) is 0.286. The molecule has 1 atom stereocenters. The third-order valence-electron chi connectivity index (χ3n) is 4.56. The summed E-state index contributed by atoms with van der Waals surface area (Å²) in [4.78, 5) is 29.8. The van der Waals surface area contributed by atoms with Crippen LogP contribution in [0.25, 0.3) is 10.9 Å². The van der Waals surface area contributed by atoms with Gasteiger partial charge in [0.05, 0.1) is 22.7 Å². The summed E-state index contributed by atoms with van der Waals surface area (Å²) in [6.07, 6.45) is 0. The number of aromatic nitrogens is 2. The first kappa shape index (κ1) is 20.6. The summed E-state index contributed by atoms with van der Waals surface area (Å²) in [5, 5.41) is 4.15. The Bertz CT molecular complexity index is 1080. The molecule has 1 aromatic heterocycles. The number of thioether (sulfide) groups is 1. The van der Waals surface area contributed by atoms with Crippen LogP contribution >= 0.6 is 27.7 Å². The molecule has 0 saturated heterocycles. The SMILES string of the molecule is CCn1c(SCC(=O)NC(C)c2ccccc2C)nc2ccc(Br)cc2c1=O. The normalized spacial score (nSPS) is 12.1. The zero-order valence-corrected chi connectivity index (χ0v) is 18.4. The number of nitrogens with zero attached hydrogens (tertiary/aromatic N) is 2. The Morgan fingerprint density at radius 2 is 2.04 bits per heavy atom. The van der Waals surface area contributed by atoms with Gasteiger partial charge in [0.2, 0.25) is 5.91 Å². The molecule has 0 saturated carbocycles. The molecule has 146 valence electrons. The van der Waals surface area contributed by atoms with E-state index in [1.165, 1.54) is 11.8 Å². The number of amides is 1. The van der Waals surface area contributed by atoms with Crippen LogP contribution in [0.1, 0.15) is 31.0 Å². The molecule has 0 aliphatic heterocycles. The van der Waals surface area contributed by atoms with E-state index in [2.05, 4.69) is 26.2 Å². The molecule has 1 unspecified atom stereocenters. The number of hydrogen-bond donors (Lipinski definition) is 1. The zero-order valence-electron chi connectivity index (χ0n) is 16.0. The highest BCUT2D eigenvalue weighted by atomic mass is 79.9. The third kappa shape index (κ3) is 4.47. The van der Waals surface area contributed by atoms with Crippen molar-refractivity contribution in [2.24, 2.45) is 0 Å². The first-order valence-corrected chi connectivity index (χ1v) is 10.9. The molecule has 0 radical (unpaired) electrons. The van der Waals surface area contributed by atoms with Crippen molar-refractivity contribution >= 4 is 44.5 Å². The van der Waals surface area contributed by atoms with Crippen molar-refractivity contribution in [2.45, 2.75) is 38.5 Å². The Morgan fingerprint density at radius 3 is 2.75 bits per heavy atom. The Morgan fingerprint density at radius 1 is 1.29 bits per heavy atom. The Balaban J connectivity index is 1.76. The monoisotopic (exact) mass is 459 g/mol. The Labute approximate surface area is 176 Å². The lowest BCUT2D eigenvalue weighted by atomic mass is 10.0. The maximum atomic E-state index is 12.8. The van der Waals surface area contributed by atoms with Crippen molar-refractivity contribution in [1.82, 2.24) is 14.9 Å². The van der Waals surface area contributed by atoms with Crippen LogP contribution in [-0.2, 0) is 11.3 Å². The molecule has 28 heavy (non-hydrogen) atoms. The molecular formula is C21H22BrN3O2S. The summed E-state index contributed by atoms with van der Waals surface area (Å²) in [7, 11) is 0. The fourth-order valence-corrected chi connectivity index (χ4v) is 4.36. The minimum absolute atomic E-state index is 0.0791. The molecule has 5 nitrogen and oxygen atoms in total. The molecule has 0 aliphatic carbocycles. The minimum atomic E-state index is -0.0926. The van der Waals surface area contributed by atoms with Crippen LogP contribution in [0.3, 0.4) is 0 Å². The van der Waals surface area contributed by atoms with Crippen LogP contribution in [0.2, 0.25) is 0 Å². The highest BCUT2D eigenvalue weighted by Gasteiger charge is 2.15. The molecule has 1 heterocycles. The summed E-state index contributed by atoms with van der Waals surface area (Å²) in [5.41, 5.74) is 2.78. The summed E-state index contributed by atoms with van der Waals surface area (Å²) >= 11 is 4.68. The van der Waals surface area contributed by atoms with Gasteiger partial charge in [0.25, 0.3) is 5.56 Å². The van der Waals surface area contributed by atoms with Crippen molar-refractivity contribution in [1.29, 1.82) is 0 Å². The zero-order chi connectivity index (χ0) is 20.3. The van der Waals surface area contributed by atoms with Gasteiger partial charge in [0, 0.05) is 11.0 Å². The Kier molecular flexibility index (Phi) is 6.57. The fourth-order valence-electron chi connectivity index (χ4n) is 3.13. The van der Waals surface area contributed by atoms with E-state index in [1.54, 1.807) is 10.6 Å². The first-order chi connectivity index (χ1) is 13.4. The Hall–Kier alpha value is -2.12. The van der Waals surface area contributed by atoms with Gasteiger partial charge in [-0.3, -0.25) is 14.2 Å². The van der Waals surface area contributed by atoms with Crippen molar-refractivity contribution in [3.8, 4) is 0 Å². The number of fused-ring (bicyclic) bond motifs is 1. The maximum absolute atomic E-state index is 12.8. The lowest BCUT2D eigenvalue weighted by Crippen LogP contribution is -2.29. The molecule has 0 aliphatic rings. The summed E-state index contributed by atoms with van der Waals surface area (Å²) in [6, 6.07) is 13.4.